The summed E-state index contributed by atoms with van der Waals surface area (Å²) in [5.74, 6) is 0.258. The minimum Gasteiger partial charge on any atom is -0.384 e. The molecule has 0 saturated carbocycles. The van der Waals surface area contributed by atoms with E-state index in [2.05, 4.69) is 29.6 Å². The van der Waals surface area contributed by atoms with Crippen molar-refractivity contribution in [3.05, 3.63) is 71.8 Å². The van der Waals surface area contributed by atoms with Crippen LogP contribution < -0.4 is 5.32 Å². The summed E-state index contributed by atoms with van der Waals surface area (Å²) in [5.41, 5.74) is 1.42. The van der Waals surface area contributed by atoms with Crippen LogP contribution in [0.25, 0.3) is 0 Å². The number of rotatable bonds is 4. The highest BCUT2D eigenvalue weighted by Crippen LogP contribution is 2.36. The first kappa shape index (κ1) is 17.0. The zero-order valence-corrected chi connectivity index (χ0v) is 13.6. The summed E-state index contributed by atoms with van der Waals surface area (Å²) in [4.78, 5) is 0. The molecule has 3 heteroatoms. The molecule has 1 heterocycles. The minimum absolute atomic E-state index is 0. The number of piperidine rings is 1. The molecule has 1 saturated heterocycles. The van der Waals surface area contributed by atoms with Crippen molar-refractivity contribution in [2.75, 3.05) is 13.1 Å². The highest BCUT2D eigenvalue weighted by Gasteiger charge is 2.38. The van der Waals surface area contributed by atoms with Crippen LogP contribution in [0, 0.1) is 5.92 Å². The molecule has 2 N–H and O–H groups in total. The Labute approximate surface area is 139 Å². The van der Waals surface area contributed by atoms with E-state index in [1.165, 1.54) is 5.56 Å². The van der Waals surface area contributed by atoms with Gasteiger partial charge in [0.2, 0.25) is 0 Å². The van der Waals surface area contributed by atoms with E-state index >= 15 is 0 Å². The quantitative estimate of drug-likeness (QED) is 0.904. The van der Waals surface area contributed by atoms with Crippen LogP contribution in [0.15, 0.2) is 60.7 Å². The maximum atomic E-state index is 11.5. The molecule has 0 bridgehead atoms. The summed E-state index contributed by atoms with van der Waals surface area (Å²) in [5, 5.41) is 15.0. The minimum atomic E-state index is -0.796. The maximum Gasteiger partial charge on any atom is 0.0976 e. The molecule has 1 aliphatic rings. The molecule has 2 aromatic carbocycles. The smallest absolute Gasteiger partial charge is 0.0976 e. The Bertz CT molecular complexity index is 554. The SMILES string of the molecule is Cl.OC(Cc1ccccc1)(c1ccccc1)C1CCCNC1. The van der Waals surface area contributed by atoms with E-state index in [0.29, 0.717) is 6.42 Å². The fraction of sp³-hybridized carbons (Fsp3) is 0.368. The van der Waals surface area contributed by atoms with E-state index in [-0.39, 0.29) is 18.3 Å². The Morgan fingerprint density at radius 1 is 1.00 bits per heavy atom. The monoisotopic (exact) mass is 317 g/mol. The predicted octanol–water partition coefficient (Wildman–Crippen LogP) is 3.54. The second-order valence-corrected chi connectivity index (χ2v) is 6.00. The molecule has 3 rings (SSSR count). The van der Waals surface area contributed by atoms with Crippen molar-refractivity contribution in [2.45, 2.75) is 24.9 Å². The molecule has 2 atom stereocenters. The van der Waals surface area contributed by atoms with Crippen molar-refractivity contribution in [3.63, 3.8) is 0 Å². The third kappa shape index (κ3) is 3.70. The first-order valence-corrected chi connectivity index (χ1v) is 7.81. The van der Waals surface area contributed by atoms with Gasteiger partial charge in [-0.25, -0.2) is 0 Å². The van der Waals surface area contributed by atoms with Gasteiger partial charge in [-0.2, -0.15) is 0 Å². The van der Waals surface area contributed by atoms with Crippen LogP contribution in [0.1, 0.15) is 24.0 Å². The van der Waals surface area contributed by atoms with Gasteiger partial charge in [0, 0.05) is 18.9 Å². The van der Waals surface area contributed by atoms with Gasteiger partial charge in [0.25, 0.3) is 0 Å². The largest absolute Gasteiger partial charge is 0.384 e. The molecule has 0 aromatic heterocycles. The normalized spacial score (nSPS) is 20.7. The van der Waals surface area contributed by atoms with Gasteiger partial charge < -0.3 is 10.4 Å². The second-order valence-electron chi connectivity index (χ2n) is 6.00. The van der Waals surface area contributed by atoms with Crippen LogP contribution >= 0.6 is 12.4 Å². The summed E-state index contributed by atoms with van der Waals surface area (Å²) in [6.45, 7) is 1.95. The average Bonchev–Trinajstić information content (AvgIpc) is 2.57. The van der Waals surface area contributed by atoms with Gasteiger partial charge in [-0.15, -0.1) is 12.4 Å². The van der Waals surface area contributed by atoms with E-state index in [4.69, 9.17) is 0 Å². The van der Waals surface area contributed by atoms with Crippen molar-refractivity contribution in [3.8, 4) is 0 Å². The zero-order chi connectivity index (χ0) is 14.5. The van der Waals surface area contributed by atoms with Crippen molar-refractivity contribution >= 4 is 12.4 Å². The van der Waals surface area contributed by atoms with E-state index in [1.54, 1.807) is 0 Å². The highest BCUT2D eigenvalue weighted by molar-refractivity contribution is 5.85. The van der Waals surface area contributed by atoms with Crippen LogP contribution in [0.2, 0.25) is 0 Å². The molecular weight excluding hydrogens is 294 g/mol. The van der Waals surface area contributed by atoms with E-state index in [1.807, 2.05) is 36.4 Å². The number of hydrogen-bond donors (Lipinski definition) is 2. The van der Waals surface area contributed by atoms with Gasteiger partial charge in [0.15, 0.2) is 0 Å². The predicted molar refractivity (Wildman–Crippen MR) is 93.3 cm³/mol. The molecule has 0 aliphatic carbocycles. The van der Waals surface area contributed by atoms with Gasteiger partial charge >= 0.3 is 0 Å². The first-order chi connectivity index (χ1) is 10.3. The number of nitrogens with one attached hydrogen (secondary N) is 1. The highest BCUT2D eigenvalue weighted by atomic mass is 35.5. The number of benzene rings is 2. The maximum absolute atomic E-state index is 11.5. The van der Waals surface area contributed by atoms with Crippen molar-refractivity contribution in [2.24, 2.45) is 5.92 Å². The Hall–Kier alpha value is -1.35. The van der Waals surface area contributed by atoms with Crippen LogP contribution in [-0.2, 0) is 12.0 Å². The van der Waals surface area contributed by atoms with E-state index < -0.39 is 5.60 Å². The first-order valence-electron chi connectivity index (χ1n) is 7.81. The fourth-order valence-electron chi connectivity index (χ4n) is 3.38. The van der Waals surface area contributed by atoms with Crippen LogP contribution in [0.4, 0.5) is 0 Å². The molecule has 2 aromatic rings. The van der Waals surface area contributed by atoms with Gasteiger partial charge in [0.1, 0.15) is 0 Å². The molecule has 2 unspecified atom stereocenters. The Morgan fingerprint density at radius 2 is 1.64 bits per heavy atom. The van der Waals surface area contributed by atoms with E-state index in [0.717, 1.165) is 31.5 Å². The number of hydrogen-bond acceptors (Lipinski definition) is 2. The molecule has 0 radical (unpaired) electrons. The molecule has 1 aliphatic heterocycles. The number of aliphatic hydroxyl groups is 1. The molecule has 118 valence electrons. The molecule has 0 spiro atoms. The van der Waals surface area contributed by atoms with E-state index in [9.17, 15) is 5.11 Å². The molecule has 2 nitrogen and oxygen atoms in total. The average molecular weight is 318 g/mol. The third-order valence-electron chi connectivity index (χ3n) is 4.56. The third-order valence-corrected chi connectivity index (χ3v) is 4.56. The Balaban J connectivity index is 0.00000176. The van der Waals surface area contributed by atoms with Crippen LogP contribution in [0.3, 0.4) is 0 Å². The summed E-state index contributed by atoms with van der Waals surface area (Å²) in [6, 6.07) is 20.4. The van der Waals surface area contributed by atoms with Crippen molar-refractivity contribution in [1.82, 2.24) is 5.32 Å². The molecule has 1 fully saturated rings. The topological polar surface area (TPSA) is 32.3 Å². The Kier molecular flexibility index (Phi) is 6.01. The summed E-state index contributed by atoms with van der Waals surface area (Å²) in [7, 11) is 0. The lowest BCUT2D eigenvalue weighted by atomic mass is 9.74. The second kappa shape index (κ2) is 7.77. The summed E-state index contributed by atoms with van der Waals surface area (Å²) < 4.78 is 0. The number of halogens is 1. The zero-order valence-electron chi connectivity index (χ0n) is 12.7. The van der Waals surface area contributed by atoms with Gasteiger partial charge in [0.05, 0.1) is 5.60 Å². The molecule has 22 heavy (non-hydrogen) atoms. The Morgan fingerprint density at radius 3 is 2.23 bits per heavy atom. The standard InChI is InChI=1S/C19H23NO.ClH/c21-19(17-10-5-2-6-11-17,18-12-7-13-20-15-18)14-16-8-3-1-4-9-16;/h1-6,8-11,18,20-21H,7,12-15H2;1H. The lowest BCUT2D eigenvalue weighted by Crippen LogP contribution is -2.45. The summed E-state index contributed by atoms with van der Waals surface area (Å²) >= 11 is 0. The lowest BCUT2D eigenvalue weighted by molar-refractivity contribution is -0.0330. The molecular formula is C19H24ClNO. The lowest BCUT2D eigenvalue weighted by Gasteiger charge is -2.39. The van der Waals surface area contributed by atoms with Crippen LogP contribution in [-0.4, -0.2) is 18.2 Å². The molecule has 0 amide bonds. The van der Waals surface area contributed by atoms with Crippen molar-refractivity contribution in [1.29, 1.82) is 0 Å². The van der Waals surface area contributed by atoms with Gasteiger partial charge in [-0.3, -0.25) is 0 Å². The van der Waals surface area contributed by atoms with Gasteiger partial charge in [-0.05, 0) is 30.5 Å². The van der Waals surface area contributed by atoms with Crippen molar-refractivity contribution < 1.29 is 5.11 Å². The van der Waals surface area contributed by atoms with Gasteiger partial charge in [-0.1, -0.05) is 60.7 Å². The van der Waals surface area contributed by atoms with Crippen LogP contribution in [0.5, 0.6) is 0 Å². The fourth-order valence-corrected chi connectivity index (χ4v) is 3.38. The summed E-state index contributed by atoms with van der Waals surface area (Å²) in [6.07, 6.45) is 2.88.